The maximum Gasteiger partial charge on any atom is 0.407 e. The van der Waals surface area contributed by atoms with E-state index in [2.05, 4.69) is 10.2 Å². The molecule has 0 aromatic rings. The first kappa shape index (κ1) is 18.0. The predicted molar refractivity (Wildman–Crippen MR) is 89.2 cm³/mol. The monoisotopic (exact) mass is 325 g/mol. The van der Waals surface area contributed by atoms with Crippen molar-refractivity contribution >= 4 is 12.0 Å². The van der Waals surface area contributed by atoms with Crippen molar-refractivity contribution in [2.24, 2.45) is 0 Å². The lowest BCUT2D eigenvalue weighted by atomic mass is 10.0. The Balaban J connectivity index is 1.74. The van der Waals surface area contributed by atoms with Crippen molar-refractivity contribution < 1.29 is 14.3 Å². The third kappa shape index (κ3) is 5.37. The lowest BCUT2D eigenvalue weighted by Gasteiger charge is -2.37. The Morgan fingerprint density at radius 1 is 1.09 bits per heavy atom. The Kier molecular flexibility index (Phi) is 5.89. The summed E-state index contributed by atoms with van der Waals surface area (Å²) in [6, 6.07) is 0.0748. The molecule has 2 aliphatic rings. The van der Waals surface area contributed by atoms with Crippen molar-refractivity contribution in [3.63, 3.8) is 0 Å². The predicted octanol–water partition coefficient (Wildman–Crippen LogP) is 1.99. The second kappa shape index (κ2) is 7.51. The summed E-state index contributed by atoms with van der Waals surface area (Å²) >= 11 is 0. The summed E-state index contributed by atoms with van der Waals surface area (Å²) in [6.07, 6.45) is 3.62. The van der Waals surface area contributed by atoms with Crippen LogP contribution in [0.2, 0.25) is 0 Å². The van der Waals surface area contributed by atoms with Crippen LogP contribution in [0.4, 0.5) is 4.79 Å². The van der Waals surface area contributed by atoms with Crippen LogP contribution in [0.5, 0.6) is 0 Å². The van der Waals surface area contributed by atoms with Crippen LogP contribution in [0.1, 0.15) is 53.4 Å². The standard InChI is InChI=1S/C17H31N3O3/c1-13(15(21)20-9-5-6-10-20)19-11-7-14(8-12-19)18-16(22)23-17(2,3)4/h13-14H,5-12H2,1-4H3,(H,18,22). The van der Waals surface area contributed by atoms with Crippen LogP contribution in [0.25, 0.3) is 0 Å². The Hall–Kier alpha value is -1.30. The molecule has 2 amide bonds. The number of ether oxygens (including phenoxy) is 1. The van der Waals surface area contributed by atoms with Gasteiger partial charge in [0.05, 0.1) is 6.04 Å². The van der Waals surface area contributed by atoms with Crippen LogP contribution in [0.15, 0.2) is 0 Å². The molecule has 132 valence electrons. The third-order valence-corrected chi connectivity index (χ3v) is 4.57. The number of nitrogens with one attached hydrogen (secondary N) is 1. The van der Waals surface area contributed by atoms with E-state index in [9.17, 15) is 9.59 Å². The number of hydrogen-bond acceptors (Lipinski definition) is 4. The van der Waals surface area contributed by atoms with Crippen LogP contribution >= 0.6 is 0 Å². The number of rotatable bonds is 3. The van der Waals surface area contributed by atoms with Gasteiger partial charge in [-0.05, 0) is 53.4 Å². The third-order valence-electron chi connectivity index (χ3n) is 4.57. The molecule has 0 spiro atoms. The van der Waals surface area contributed by atoms with Gasteiger partial charge in [0.1, 0.15) is 5.60 Å². The van der Waals surface area contributed by atoms with E-state index < -0.39 is 5.60 Å². The highest BCUT2D eigenvalue weighted by atomic mass is 16.6. The fourth-order valence-electron chi connectivity index (χ4n) is 3.26. The molecule has 2 heterocycles. The maximum absolute atomic E-state index is 12.5. The van der Waals surface area contributed by atoms with Gasteiger partial charge in [-0.1, -0.05) is 0 Å². The smallest absolute Gasteiger partial charge is 0.407 e. The first-order valence-electron chi connectivity index (χ1n) is 8.78. The molecule has 1 atom stereocenters. The maximum atomic E-state index is 12.5. The molecule has 6 nitrogen and oxygen atoms in total. The van der Waals surface area contributed by atoms with Crippen molar-refractivity contribution in [1.29, 1.82) is 0 Å². The van der Waals surface area contributed by atoms with Crippen molar-refractivity contribution in [2.75, 3.05) is 26.2 Å². The van der Waals surface area contributed by atoms with Crippen molar-refractivity contribution in [1.82, 2.24) is 15.1 Å². The average molecular weight is 325 g/mol. The molecule has 6 heteroatoms. The van der Waals surface area contributed by atoms with Gasteiger partial charge in [0.15, 0.2) is 0 Å². The number of carbonyl (C=O) groups is 2. The molecule has 0 aromatic carbocycles. The molecule has 0 aromatic heterocycles. The van der Waals surface area contributed by atoms with Gasteiger partial charge in [-0.2, -0.15) is 0 Å². The molecule has 2 aliphatic heterocycles. The van der Waals surface area contributed by atoms with Gasteiger partial charge in [-0.15, -0.1) is 0 Å². The van der Waals surface area contributed by atoms with Crippen LogP contribution in [-0.2, 0) is 9.53 Å². The van der Waals surface area contributed by atoms with E-state index in [1.54, 1.807) is 0 Å². The number of carbonyl (C=O) groups excluding carboxylic acids is 2. The Bertz CT molecular complexity index is 419. The number of piperidine rings is 1. The zero-order valence-corrected chi connectivity index (χ0v) is 14.9. The second-order valence-corrected chi connectivity index (χ2v) is 7.66. The number of likely N-dealkylation sites (tertiary alicyclic amines) is 2. The zero-order chi connectivity index (χ0) is 17.0. The van der Waals surface area contributed by atoms with Crippen LogP contribution in [0.3, 0.4) is 0 Å². The van der Waals surface area contributed by atoms with Crippen LogP contribution in [0, 0.1) is 0 Å². The Morgan fingerprint density at radius 3 is 2.17 bits per heavy atom. The molecule has 0 radical (unpaired) electrons. The molecular weight excluding hydrogens is 294 g/mol. The van der Waals surface area contributed by atoms with Crippen molar-refractivity contribution in [3.05, 3.63) is 0 Å². The number of amides is 2. The molecule has 0 saturated carbocycles. The van der Waals surface area contributed by atoms with Gasteiger partial charge in [-0.3, -0.25) is 9.69 Å². The number of nitrogens with zero attached hydrogens (tertiary/aromatic N) is 2. The number of alkyl carbamates (subject to hydrolysis) is 1. The first-order chi connectivity index (χ1) is 10.8. The van der Waals surface area contributed by atoms with E-state index in [1.807, 2.05) is 32.6 Å². The van der Waals surface area contributed by atoms with Crippen molar-refractivity contribution in [3.8, 4) is 0 Å². The quantitative estimate of drug-likeness (QED) is 0.862. The summed E-state index contributed by atoms with van der Waals surface area (Å²) in [7, 11) is 0. The molecule has 23 heavy (non-hydrogen) atoms. The van der Waals surface area contributed by atoms with Gasteiger partial charge in [0.2, 0.25) is 5.91 Å². The minimum atomic E-state index is -0.471. The molecule has 1 N–H and O–H groups in total. The van der Waals surface area contributed by atoms with Crippen LogP contribution in [-0.4, -0.2) is 65.7 Å². The molecule has 2 fully saturated rings. The van der Waals surface area contributed by atoms with Gasteiger partial charge in [-0.25, -0.2) is 4.79 Å². The Morgan fingerprint density at radius 2 is 1.65 bits per heavy atom. The minimum absolute atomic E-state index is 0.0597. The second-order valence-electron chi connectivity index (χ2n) is 7.66. The first-order valence-corrected chi connectivity index (χ1v) is 8.78. The highest BCUT2D eigenvalue weighted by Gasteiger charge is 2.31. The van der Waals surface area contributed by atoms with Gasteiger partial charge in [0.25, 0.3) is 0 Å². The van der Waals surface area contributed by atoms with E-state index >= 15 is 0 Å². The van der Waals surface area contributed by atoms with E-state index in [-0.39, 0.29) is 24.1 Å². The fourth-order valence-corrected chi connectivity index (χ4v) is 3.26. The average Bonchev–Trinajstić information content (AvgIpc) is 2.98. The minimum Gasteiger partial charge on any atom is -0.444 e. The summed E-state index contributed by atoms with van der Waals surface area (Å²) in [6.45, 7) is 11.1. The molecule has 2 saturated heterocycles. The molecular formula is C17H31N3O3. The van der Waals surface area contributed by atoms with E-state index in [0.29, 0.717) is 0 Å². The van der Waals surface area contributed by atoms with Crippen molar-refractivity contribution in [2.45, 2.75) is 71.1 Å². The zero-order valence-electron chi connectivity index (χ0n) is 14.9. The SMILES string of the molecule is CC(C(=O)N1CCCC1)N1CCC(NC(=O)OC(C)(C)C)CC1. The Labute approximate surface area is 139 Å². The molecule has 0 bridgehead atoms. The molecule has 2 rings (SSSR count). The fraction of sp³-hybridized carbons (Fsp3) is 0.882. The summed E-state index contributed by atoms with van der Waals surface area (Å²) in [5.74, 6) is 0.251. The highest BCUT2D eigenvalue weighted by Crippen LogP contribution is 2.17. The normalized spacial score (nSPS) is 22.0. The molecule has 0 aliphatic carbocycles. The largest absolute Gasteiger partial charge is 0.444 e. The highest BCUT2D eigenvalue weighted by molar-refractivity contribution is 5.81. The van der Waals surface area contributed by atoms with E-state index in [0.717, 1.165) is 51.9 Å². The van der Waals surface area contributed by atoms with Gasteiger partial charge < -0.3 is 15.0 Å². The summed E-state index contributed by atoms with van der Waals surface area (Å²) in [4.78, 5) is 28.5. The summed E-state index contributed by atoms with van der Waals surface area (Å²) in [5, 5.41) is 2.94. The van der Waals surface area contributed by atoms with Gasteiger partial charge >= 0.3 is 6.09 Å². The molecule has 1 unspecified atom stereocenters. The summed E-state index contributed by atoms with van der Waals surface area (Å²) < 4.78 is 5.30. The number of hydrogen-bond donors (Lipinski definition) is 1. The van der Waals surface area contributed by atoms with E-state index in [4.69, 9.17) is 4.74 Å². The summed E-state index contributed by atoms with van der Waals surface area (Å²) in [5.41, 5.74) is -0.471. The lowest BCUT2D eigenvalue weighted by Crippen LogP contribution is -2.52. The van der Waals surface area contributed by atoms with Crippen LogP contribution < -0.4 is 5.32 Å². The van der Waals surface area contributed by atoms with Gasteiger partial charge in [0, 0.05) is 32.2 Å². The topological polar surface area (TPSA) is 61.9 Å². The van der Waals surface area contributed by atoms with E-state index in [1.165, 1.54) is 0 Å². The lowest BCUT2D eigenvalue weighted by molar-refractivity contribution is -0.135.